The molecule has 0 aliphatic heterocycles. The van der Waals surface area contributed by atoms with Gasteiger partial charge in [0, 0.05) is 18.2 Å². The normalized spacial score (nSPS) is 20.0. The van der Waals surface area contributed by atoms with Crippen molar-refractivity contribution in [1.82, 2.24) is 4.98 Å². The highest BCUT2D eigenvalue weighted by atomic mass is 16.1. The Morgan fingerprint density at radius 2 is 1.52 bits per heavy atom. The molecule has 23 heavy (non-hydrogen) atoms. The Morgan fingerprint density at radius 1 is 0.870 bits per heavy atom. The van der Waals surface area contributed by atoms with E-state index in [1.807, 2.05) is 6.20 Å². The van der Waals surface area contributed by atoms with E-state index in [1.54, 1.807) is 6.07 Å². The van der Waals surface area contributed by atoms with Gasteiger partial charge in [0.1, 0.15) is 0 Å². The van der Waals surface area contributed by atoms with Crippen molar-refractivity contribution in [2.45, 2.75) is 24.7 Å². The molecule has 2 heteroatoms. The number of fused-ring (bicyclic) bond motifs is 1. The summed E-state index contributed by atoms with van der Waals surface area (Å²) in [5.41, 5.74) is 5.12. The van der Waals surface area contributed by atoms with Gasteiger partial charge in [-0.3, -0.25) is 4.79 Å². The van der Waals surface area contributed by atoms with Crippen LogP contribution >= 0.6 is 0 Å². The summed E-state index contributed by atoms with van der Waals surface area (Å²) in [7, 11) is 0. The van der Waals surface area contributed by atoms with Crippen molar-refractivity contribution >= 4 is 0 Å². The van der Waals surface area contributed by atoms with Crippen LogP contribution in [-0.4, -0.2) is 4.98 Å². The van der Waals surface area contributed by atoms with E-state index in [0.717, 1.165) is 12.8 Å². The molecule has 4 rings (SSSR count). The third-order valence-electron chi connectivity index (χ3n) is 4.88. The highest BCUT2D eigenvalue weighted by Gasteiger charge is 2.29. The molecule has 0 saturated heterocycles. The minimum Gasteiger partial charge on any atom is -0.329 e. The Labute approximate surface area is 135 Å². The van der Waals surface area contributed by atoms with Gasteiger partial charge in [-0.2, -0.15) is 0 Å². The van der Waals surface area contributed by atoms with Gasteiger partial charge in [0.25, 0.3) is 0 Å². The quantitative estimate of drug-likeness (QED) is 0.754. The fourth-order valence-electron chi connectivity index (χ4n) is 3.77. The molecule has 0 radical (unpaired) electrons. The molecule has 114 valence electrons. The van der Waals surface area contributed by atoms with E-state index in [-0.39, 0.29) is 5.56 Å². The van der Waals surface area contributed by atoms with E-state index in [0.29, 0.717) is 11.8 Å². The number of benzene rings is 2. The molecule has 1 aliphatic rings. The van der Waals surface area contributed by atoms with Crippen molar-refractivity contribution in [2.75, 3.05) is 0 Å². The van der Waals surface area contributed by atoms with E-state index in [4.69, 9.17) is 0 Å². The number of hydrogen-bond donors (Lipinski definition) is 1. The van der Waals surface area contributed by atoms with E-state index in [2.05, 4.69) is 65.6 Å². The number of pyridine rings is 1. The van der Waals surface area contributed by atoms with Gasteiger partial charge in [-0.15, -0.1) is 0 Å². The summed E-state index contributed by atoms with van der Waals surface area (Å²) in [6, 6.07) is 23.0. The van der Waals surface area contributed by atoms with Crippen LogP contribution < -0.4 is 5.56 Å². The Bertz CT molecular complexity index is 852. The number of nitrogens with one attached hydrogen (secondary N) is 1. The van der Waals surface area contributed by atoms with Crippen LogP contribution in [0.25, 0.3) is 0 Å². The third kappa shape index (κ3) is 2.72. The summed E-state index contributed by atoms with van der Waals surface area (Å²) < 4.78 is 0. The summed E-state index contributed by atoms with van der Waals surface area (Å²) in [6.45, 7) is 0. The fraction of sp³-hybridized carbons (Fsp3) is 0.190. The second kappa shape index (κ2) is 5.88. The van der Waals surface area contributed by atoms with Gasteiger partial charge in [0.15, 0.2) is 0 Å². The van der Waals surface area contributed by atoms with Crippen LogP contribution in [0.1, 0.15) is 40.5 Å². The smallest absolute Gasteiger partial charge is 0.248 e. The van der Waals surface area contributed by atoms with Crippen molar-refractivity contribution in [3.05, 3.63) is 106 Å². The molecule has 2 nitrogen and oxygen atoms in total. The molecule has 0 spiro atoms. The van der Waals surface area contributed by atoms with Crippen LogP contribution in [0.2, 0.25) is 0 Å². The van der Waals surface area contributed by atoms with Crippen LogP contribution in [-0.2, 0) is 6.42 Å². The highest BCUT2D eigenvalue weighted by molar-refractivity contribution is 5.41. The number of aromatic nitrogens is 1. The standard InChI is InChI=1S/C21H19NO/c23-21-13-18-11-17(15-7-3-1-4-8-15)12-19(20(18)14-22-21)16-9-5-2-6-10-16/h1-10,13-14,17,19H,11-12H2,(H,22,23). The van der Waals surface area contributed by atoms with E-state index >= 15 is 0 Å². The maximum Gasteiger partial charge on any atom is 0.248 e. The van der Waals surface area contributed by atoms with Crippen LogP contribution in [0.4, 0.5) is 0 Å². The second-order valence-electron chi connectivity index (χ2n) is 6.29. The van der Waals surface area contributed by atoms with Gasteiger partial charge in [0.2, 0.25) is 5.56 Å². The molecule has 2 unspecified atom stereocenters. The predicted octanol–water partition coefficient (Wildman–Crippen LogP) is 4.24. The van der Waals surface area contributed by atoms with Gasteiger partial charge in [-0.1, -0.05) is 60.7 Å². The largest absolute Gasteiger partial charge is 0.329 e. The molecule has 0 bridgehead atoms. The molecule has 3 aromatic rings. The fourth-order valence-corrected chi connectivity index (χ4v) is 3.77. The lowest BCUT2D eigenvalue weighted by atomic mass is 9.72. The number of rotatable bonds is 2. The van der Waals surface area contributed by atoms with Crippen LogP contribution in [0.3, 0.4) is 0 Å². The van der Waals surface area contributed by atoms with Crippen molar-refractivity contribution in [3.8, 4) is 0 Å². The van der Waals surface area contributed by atoms with Crippen LogP contribution in [0, 0.1) is 0 Å². The molecule has 1 aromatic heterocycles. The zero-order valence-electron chi connectivity index (χ0n) is 12.9. The van der Waals surface area contributed by atoms with Crippen molar-refractivity contribution in [2.24, 2.45) is 0 Å². The van der Waals surface area contributed by atoms with E-state index < -0.39 is 0 Å². The molecule has 1 aliphatic carbocycles. The number of H-pyrrole nitrogens is 1. The molecule has 1 heterocycles. The lowest BCUT2D eigenvalue weighted by Gasteiger charge is -2.32. The van der Waals surface area contributed by atoms with Gasteiger partial charge < -0.3 is 4.98 Å². The topological polar surface area (TPSA) is 32.9 Å². The zero-order valence-corrected chi connectivity index (χ0v) is 12.9. The maximum atomic E-state index is 11.8. The Hall–Kier alpha value is -2.61. The number of hydrogen-bond acceptors (Lipinski definition) is 1. The molecule has 1 N–H and O–H groups in total. The van der Waals surface area contributed by atoms with Gasteiger partial charge >= 0.3 is 0 Å². The summed E-state index contributed by atoms with van der Waals surface area (Å²) >= 11 is 0. The van der Waals surface area contributed by atoms with Gasteiger partial charge in [0.05, 0.1) is 0 Å². The van der Waals surface area contributed by atoms with E-state index in [9.17, 15) is 4.79 Å². The third-order valence-corrected chi connectivity index (χ3v) is 4.88. The molecule has 0 amide bonds. The average molecular weight is 301 g/mol. The second-order valence-corrected chi connectivity index (χ2v) is 6.29. The summed E-state index contributed by atoms with van der Waals surface area (Å²) in [6.07, 6.45) is 3.93. The highest BCUT2D eigenvalue weighted by Crippen LogP contribution is 2.42. The Kier molecular flexibility index (Phi) is 3.58. The first-order valence-electron chi connectivity index (χ1n) is 8.12. The summed E-state index contributed by atoms with van der Waals surface area (Å²) in [4.78, 5) is 14.6. The maximum absolute atomic E-state index is 11.8. The first-order valence-corrected chi connectivity index (χ1v) is 8.12. The zero-order chi connectivity index (χ0) is 15.6. The Morgan fingerprint density at radius 3 is 2.22 bits per heavy atom. The van der Waals surface area contributed by atoms with Crippen LogP contribution in [0.15, 0.2) is 77.7 Å². The lowest BCUT2D eigenvalue weighted by Crippen LogP contribution is -2.21. The van der Waals surface area contributed by atoms with Gasteiger partial charge in [-0.25, -0.2) is 0 Å². The monoisotopic (exact) mass is 301 g/mol. The first-order chi connectivity index (χ1) is 11.3. The molecule has 0 saturated carbocycles. The minimum absolute atomic E-state index is 0.00993. The molecular formula is C21H19NO. The predicted molar refractivity (Wildman–Crippen MR) is 92.9 cm³/mol. The minimum atomic E-state index is -0.00993. The average Bonchev–Trinajstić information content (AvgIpc) is 2.62. The lowest BCUT2D eigenvalue weighted by molar-refractivity contribution is 0.534. The van der Waals surface area contributed by atoms with Crippen molar-refractivity contribution < 1.29 is 0 Å². The first kappa shape index (κ1) is 14.0. The molecule has 2 atom stereocenters. The Balaban J connectivity index is 1.81. The summed E-state index contributed by atoms with van der Waals surface area (Å²) in [5, 5.41) is 0. The molecular weight excluding hydrogens is 282 g/mol. The van der Waals surface area contributed by atoms with E-state index in [1.165, 1.54) is 22.3 Å². The SMILES string of the molecule is O=c1cc2c(c[nH]1)C(c1ccccc1)CC(c1ccccc1)C2. The van der Waals surface area contributed by atoms with Gasteiger partial charge in [-0.05, 0) is 41.0 Å². The molecule has 2 aromatic carbocycles. The number of aromatic amines is 1. The van der Waals surface area contributed by atoms with Crippen molar-refractivity contribution in [3.63, 3.8) is 0 Å². The van der Waals surface area contributed by atoms with Crippen molar-refractivity contribution in [1.29, 1.82) is 0 Å². The van der Waals surface area contributed by atoms with Crippen LogP contribution in [0.5, 0.6) is 0 Å². The summed E-state index contributed by atoms with van der Waals surface area (Å²) in [5.74, 6) is 0.790. The molecule has 0 fully saturated rings.